The van der Waals surface area contributed by atoms with Gasteiger partial charge in [-0.1, -0.05) is 83.2 Å². The molecule has 9 nitrogen and oxygen atoms in total. The van der Waals surface area contributed by atoms with Gasteiger partial charge in [-0.25, -0.2) is 0 Å². The molecule has 0 aliphatic heterocycles. The third-order valence-electron chi connectivity index (χ3n) is 8.83. The number of hydrogen-bond acceptors (Lipinski definition) is 6. The Kier molecular flexibility index (Phi) is 18.0. The van der Waals surface area contributed by atoms with Crippen molar-refractivity contribution in [1.82, 2.24) is 20.4 Å². The molecule has 258 valence electrons. The smallest absolute Gasteiger partial charge is 0.243 e. The first kappa shape index (κ1) is 39.2. The van der Waals surface area contributed by atoms with Gasteiger partial charge >= 0.3 is 0 Å². The molecule has 1 saturated carbocycles. The van der Waals surface area contributed by atoms with Crippen molar-refractivity contribution in [2.24, 2.45) is 17.8 Å². The highest BCUT2D eigenvalue weighted by Gasteiger charge is 2.34. The number of aliphatic hydroxyl groups excluding tert-OH is 2. The van der Waals surface area contributed by atoms with E-state index in [0.717, 1.165) is 31.2 Å². The maximum Gasteiger partial charge on any atom is 0.243 e. The van der Waals surface area contributed by atoms with Gasteiger partial charge in [0.15, 0.2) is 0 Å². The zero-order chi connectivity index (χ0) is 34.1. The number of rotatable bonds is 18. The van der Waals surface area contributed by atoms with Gasteiger partial charge in [-0.3, -0.25) is 14.4 Å². The molecule has 46 heavy (non-hydrogen) atoms. The number of aliphatic hydroxyl groups is 2. The third kappa shape index (κ3) is 14.7. The quantitative estimate of drug-likeness (QED) is 0.181. The number of benzene rings is 1. The minimum absolute atomic E-state index is 0.00402. The number of carbonyl (C=O) groups is 3. The van der Waals surface area contributed by atoms with Gasteiger partial charge < -0.3 is 30.6 Å². The van der Waals surface area contributed by atoms with E-state index in [0.29, 0.717) is 44.7 Å². The minimum atomic E-state index is -1.13. The van der Waals surface area contributed by atoms with Crippen LogP contribution in [-0.4, -0.2) is 96.3 Å². The Balaban J connectivity index is 2.28. The van der Waals surface area contributed by atoms with Gasteiger partial charge in [-0.2, -0.15) is 0 Å². The lowest BCUT2D eigenvalue weighted by molar-refractivity contribution is -0.137. The van der Waals surface area contributed by atoms with Crippen LogP contribution in [-0.2, 0) is 20.8 Å². The van der Waals surface area contributed by atoms with Gasteiger partial charge in [-0.05, 0) is 50.8 Å². The second-order valence-corrected chi connectivity index (χ2v) is 13.7. The van der Waals surface area contributed by atoms with Gasteiger partial charge in [0.2, 0.25) is 17.7 Å². The van der Waals surface area contributed by atoms with Crippen LogP contribution in [0.5, 0.6) is 0 Å². The van der Waals surface area contributed by atoms with E-state index in [1.807, 2.05) is 70.1 Å². The highest BCUT2D eigenvalue weighted by Crippen LogP contribution is 2.29. The number of likely N-dealkylation sites (N-methyl/N-ethyl adjacent to an activating group) is 2. The fourth-order valence-electron chi connectivity index (χ4n) is 6.04. The molecule has 5 atom stereocenters. The Morgan fingerprint density at radius 1 is 0.935 bits per heavy atom. The predicted octanol–water partition coefficient (Wildman–Crippen LogP) is 3.77. The normalized spacial score (nSPS) is 16.9. The lowest BCUT2D eigenvalue weighted by Gasteiger charge is -2.33. The molecule has 0 radical (unpaired) electrons. The van der Waals surface area contributed by atoms with E-state index in [1.54, 1.807) is 11.9 Å². The van der Waals surface area contributed by atoms with Crippen LogP contribution in [0.1, 0.15) is 90.5 Å². The first-order chi connectivity index (χ1) is 21.9. The molecule has 4 N–H and O–H groups in total. The molecule has 0 saturated heterocycles. The molecule has 1 aromatic carbocycles. The molecule has 9 heteroatoms. The van der Waals surface area contributed by atoms with Crippen LogP contribution in [0.2, 0.25) is 0 Å². The number of amides is 3. The SMILES string of the molecule is CCC#CC[C@H](NC(=O)C(CC(=O)N(C)CCN(C)C)Cc1ccccc1)C(=O)NC(CC1CCCCC1)[C@@H](O)C(O)CC(C)C. The zero-order valence-corrected chi connectivity index (χ0v) is 29.1. The van der Waals surface area contributed by atoms with Crippen molar-refractivity contribution in [3.8, 4) is 11.8 Å². The summed E-state index contributed by atoms with van der Waals surface area (Å²) in [5.41, 5.74) is 0.924. The second-order valence-electron chi connectivity index (χ2n) is 13.7. The lowest BCUT2D eigenvalue weighted by Crippen LogP contribution is -2.56. The predicted molar refractivity (Wildman–Crippen MR) is 184 cm³/mol. The molecular formula is C37H60N4O5. The van der Waals surface area contributed by atoms with Gasteiger partial charge in [0.25, 0.3) is 0 Å². The van der Waals surface area contributed by atoms with E-state index in [4.69, 9.17) is 0 Å². The van der Waals surface area contributed by atoms with E-state index in [2.05, 4.69) is 22.5 Å². The molecule has 0 bridgehead atoms. The first-order valence-electron chi connectivity index (χ1n) is 17.3. The second kappa shape index (κ2) is 21.0. The Morgan fingerprint density at radius 3 is 2.22 bits per heavy atom. The highest BCUT2D eigenvalue weighted by atomic mass is 16.3. The Morgan fingerprint density at radius 2 is 1.61 bits per heavy atom. The van der Waals surface area contributed by atoms with E-state index in [1.165, 1.54) is 6.42 Å². The maximum absolute atomic E-state index is 13.9. The summed E-state index contributed by atoms with van der Waals surface area (Å²) in [6.45, 7) is 7.13. The highest BCUT2D eigenvalue weighted by molar-refractivity contribution is 5.91. The Hall–Kier alpha value is -2.93. The maximum atomic E-state index is 13.9. The molecule has 3 unspecified atom stereocenters. The van der Waals surface area contributed by atoms with Gasteiger partial charge in [-0.15, -0.1) is 11.8 Å². The van der Waals surface area contributed by atoms with Crippen LogP contribution in [0, 0.1) is 29.6 Å². The fourth-order valence-corrected chi connectivity index (χ4v) is 6.04. The van der Waals surface area contributed by atoms with E-state index >= 15 is 0 Å². The summed E-state index contributed by atoms with van der Waals surface area (Å²) in [6, 6.07) is 7.93. The van der Waals surface area contributed by atoms with E-state index < -0.39 is 36.1 Å². The van der Waals surface area contributed by atoms with E-state index in [-0.39, 0.29) is 30.6 Å². The van der Waals surface area contributed by atoms with Gasteiger partial charge in [0.05, 0.1) is 18.1 Å². The van der Waals surface area contributed by atoms with Gasteiger partial charge in [0, 0.05) is 39.4 Å². The lowest BCUT2D eigenvalue weighted by atomic mass is 9.82. The summed E-state index contributed by atoms with van der Waals surface area (Å²) in [4.78, 5) is 44.6. The third-order valence-corrected chi connectivity index (χ3v) is 8.83. The number of hydrogen-bond donors (Lipinski definition) is 4. The molecular weight excluding hydrogens is 580 g/mol. The summed E-state index contributed by atoms with van der Waals surface area (Å²) in [5.74, 6) is 4.87. The van der Waals surface area contributed by atoms with Crippen molar-refractivity contribution in [3.63, 3.8) is 0 Å². The summed E-state index contributed by atoms with van der Waals surface area (Å²) in [6.07, 6.45) is 5.40. The fraction of sp³-hybridized carbons (Fsp3) is 0.703. The summed E-state index contributed by atoms with van der Waals surface area (Å²) >= 11 is 0. The average Bonchev–Trinajstić information content (AvgIpc) is 3.02. The Bertz CT molecular complexity index is 1110. The molecule has 3 amide bonds. The number of carbonyl (C=O) groups excluding carboxylic acids is 3. The topological polar surface area (TPSA) is 122 Å². The Labute approximate surface area is 277 Å². The first-order valence-corrected chi connectivity index (χ1v) is 17.3. The van der Waals surface area contributed by atoms with Crippen LogP contribution >= 0.6 is 0 Å². The summed E-state index contributed by atoms with van der Waals surface area (Å²) in [7, 11) is 5.63. The number of nitrogens with one attached hydrogen (secondary N) is 2. The molecule has 0 spiro atoms. The molecule has 1 aromatic rings. The summed E-state index contributed by atoms with van der Waals surface area (Å²) in [5, 5.41) is 28.0. The molecule has 0 aromatic heterocycles. The van der Waals surface area contributed by atoms with Crippen molar-refractivity contribution in [2.75, 3.05) is 34.2 Å². The monoisotopic (exact) mass is 640 g/mol. The molecule has 1 aliphatic rings. The molecule has 2 rings (SSSR count). The molecule has 1 aliphatic carbocycles. The van der Waals surface area contributed by atoms with Crippen molar-refractivity contribution in [2.45, 2.75) is 116 Å². The van der Waals surface area contributed by atoms with Crippen molar-refractivity contribution < 1.29 is 24.6 Å². The van der Waals surface area contributed by atoms with Crippen LogP contribution in [0.3, 0.4) is 0 Å². The molecule has 0 heterocycles. The van der Waals surface area contributed by atoms with E-state index in [9.17, 15) is 24.6 Å². The minimum Gasteiger partial charge on any atom is -0.390 e. The van der Waals surface area contributed by atoms with Crippen molar-refractivity contribution in [1.29, 1.82) is 0 Å². The van der Waals surface area contributed by atoms with Crippen molar-refractivity contribution in [3.05, 3.63) is 35.9 Å². The zero-order valence-electron chi connectivity index (χ0n) is 29.1. The van der Waals surface area contributed by atoms with Crippen LogP contribution < -0.4 is 10.6 Å². The summed E-state index contributed by atoms with van der Waals surface area (Å²) < 4.78 is 0. The standard InChI is InChI=1S/C37H60N4O5/c1-7-8-11-20-31(37(46)39-32(25-29-18-14-10-15-19-29)35(44)33(42)23-27(2)3)38-36(45)30(24-28-16-12-9-13-17-28)26-34(43)41(6)22-21-40(4)5/h9,12-13,16-17,27,29-33,35,42,44H,7,10,14-15,18-26H2,1-6H3,(H,38,45)(H,39,46)/t30?,31-,32?,33?,35+/m0/s1. The van der Waals surface area contributed by atoms with Crippen LogP contribution in [0.15, 0.2) is 30.3 Å². The van der Waals surface area contributed by atoms with Gasteiger partial charge in [0.1, 0.15) is 12.1 Å². The number of nitrogens with zero attached hydrogens (tertiary/aromatic N) is 2. The van der Waals surface area contributed by atoms with Crippen LogP contribution in [0.4, 0.5) is 0 Å². The average molecular weight is 641 g/mol. The van der Waals surface area contributed by atoms with Crippen molar-refractivity contribution >= 4 is 17.7 Å². The molecule has 1 fully saturated rings. The van der Waals surface area contributed by atoms with Crippen LogP contribution in [0.25, 0.3) is 0 Å². The largest absolute Gasteiger partial charge is 0.390 e.